The maximum atomic E-state index is 12.8. The second kappa shape index (κ2) is 9.40. The maximum absolute atomic E-state index is 12.8. The van der Waals surface area contributed by atoms with Gasteiger partial charge in [-0.2, -0.15) is 4.31 Å². The Morgan fingerprint density at radius 1 is 1.03 bits per heavy atom. The van der Waals surface area contributed by atoms with Gasteiger partial charge in [0.2, 0.25) is 10.0 Å². The zero-order valence-electron chi connectivity index (χ0n) is 17.2. The molecule has 1 atom stereocenters. The van der Waals surface area contributed by atoms with Gasteiger partial charge in [0, 0.05) is 24.7 Å². The molecule has 0 aromatic heterocycles. The molecule has 30 heavy (non-hydrogen) atoms. The summed E-state index contributed by atoms with van der Waals surface area (Å²) in [5.41, 5.74) is 0.940. The minimum atomic E-state index is -3.62. The molecular formula is C22H27N3O4S. The Morgan fingerprint density at radius 2 is 1.73 bits per heavy atom. The molecule has 1 heterocycles. The van der Waals surface area contributed by atoms with E-state index in [1.54, 1.807) is 36.4 Å². The standard InChI is InChI=1S/C22H27N3O4S/c1-3-16(2)23-22(27)19-11-4-5-12-20(19)24-21(26)17-9-8-10-18(15-17)30(28,29)25-13-6-7-14-25/h4-5,8-12,15-16H,3,6-7,13-14H2,1-2H3,(H,23,27)(H,24,26)/t16-/m1/s1. The number of benzene rings is 2. The number of hydrogen-bond acceptors (Lipinski definition) is 4. The van der Waals surface area contributed by atoms with Crippen molar-refractivity contribution in [2.24, 2.45) is 0 Å². The van der Waals surface area contributed by atoms with Gasteiger partial charge in [-0.15, -0.1) is 0 Å². The maximum Gasteiger partial charge on any atom is 0.255 e. The molecule has 0 spiro atoms. The van der Waals surface area contributed by atoms with E-state index in [4.69, 9.17) is 0 Å². The van der Waals surface area contributed by atoms with Gasteiger partial charge in [-0.05, 0) is 56.5 Å². The first-order chi connectivity index (χ1) is 14.3. The summed E-state index contributed by atoms with van der Waals surface area (Å²) in [6.45, 7) is 4.88. The van der Waals surface area contributed by atoms with Crippen molar-refractivity contribution in [3.8, 4) is 0 Å². The summed E-state index contributed by atoms with van der Waals surface area (Å²) < 4.78 is 27.0. The number of nitrogens with zero attached hydrogens (tertiary/aromatic N) is 1. The predicted molar refractivity (Wildman–Crippen MR) is 116 cm³/mol. The molecule has 2 N–H and O–H groups in total. The van der Waals surface area contributed by atoms with Crippen molar-refractivity contribution in [1.29, 1.82) is 0 Å². The van der Waals surface area contributed by atoms with Crippen LogP contribution in [-0.2, 0) is 10.0 Å². The first-order valence-electron chi connectivity index (χ1n) is 10.1. The van der Waals surface area contributed by atoms with Gasteiger partial charge in [0.25, 0.3) is 11.8 Å². The molecule has 8 heteroatoms. The Bertz CT molecular complexity index is 1030. The minimum absolute atomic E-state index is 0.00809. The molecule has 3 rings (SSSR count). The van der Waals surface area contributed by atoms with Gasteiger partial charge < -0.3 is 10.6 Å². The largest absolute Gasteiger partial charge is 0.350 e. The van der Waals surface area contributed by atoms with E-state index in [9.17, 15) is 18.0 Å². The van der Waals surface area contributed by atoms with Gasteiger partial charge in [-0.1, -0.05) is 25.1 Å². The van der Waals surface area contributed by atoms with Crippen LogP contribution in [-0.4, -0.2) is 43.7 Å². The van der Waals surface area contributed by atoms with Crippen LogP contribution in [0.5, 0.6) is 0 Å². The monoisotopic (exact) mass is 429 g/mol. The summed E-state index contributed by atoms with van der Waals surface area (Å²) in [6.07, 6.45) is 2.47. The van der Waals surface area contributed by atoms with Gasteiger partial charge in [0.1, 0.15) is 0 Å². The fourth-order valence-electron chi connectivity index (χ4n) is 3.26. The number of hydrogen-bond donors (Lipinski definition) is 2. The fraction of sp³-hybridized carbons (Fsp3) is 0.364. The highest BCUT2D eigenvalue weighted by Gasteiger charge is 2.27. The summed E-state index contributed by atoms with van der Waals surface area (Å²) in [4.78, 5) is 25.5. The van der Waals surface area contributed by atoms with E-state index in [2.05, 4.69) is 10.6 Å². The van der Waals surface area contributed by atoms with Crippen LogP contribution in [0.2, 0.25) is 0 Å². The Morgan fingerprint density at radius 3 is 2.43 bits per heavy atom. The number of carbonyl (C=O) groups is 2. The summed E-state index contributed by atoms with van der Waals surface area (Å²) >= 11 is 0. The summed E-state index contributed by atoms with van der Waals surface area (Å²) in [5, 5.41) is 5.62. The number of carbonyl (C=O) groups excluding carboxylic acids is 2. The molecule has 0 unspecified atom stereocenters. The van der Waals surface area contributed by atoms with E-state index in [1.807, 2.05) is 13.8 Å². The average Bonchev–Trinajstić information content (AvgIpc) is 3.30. The molecule has 1 aliphatic rings. The summed E-state index contributed by atoms with van der Waals surface area (Å²) in [6, 6.07) is 12.7. The lowest BCUT2D eigenvalue weighted by atomic mass is 10.1. The molecule has 2 amide bonds. The van der Waals surface area contributed by atoms with Crippen LogP contribution in [0.25, 0.3) is 0 Å². The van der Waals surface area contributed by atoms with Crippen LogP contribution < -0.4 is 10.6 Å². The zero-order valence-corrected chi connectivity index (χ0v) is 18.0. The highest BCUT2D eigenvalue weighted by Crippen LogP contribution is 2.22. The molecule has 0 saturated carbocycles. The van der Waals surface area contributed by atoms with E-state index in [0.717, 1.165) is 19.3 Å². The number of nitrogens with one attached hydrogen (secondary N) is 2. The number of para-hydroxylation sites is 1. The Balaban J connectivity index is 1.81. The van der Waals surface area contributed by atoms with Gasteiger partial charge in [-0.3, -0.25) is 9.59 Å². The van der Waals surface area contributed by atoms with Crippen molar-refractivity contribution in [2.45, 2.75) is 44.0 Å². The topological polar surface area (TPSA) is 95.6 Å². The quantitative estimate of drug-likeness (QED) is 0.706. The van der Waals surface area contributed by atoms with Crippen molar-refractivity contribution in [3.63, 3.8) is 0 Å². The second-order valence-corrected chi connectivity index (χ2v) is 9.36. The van der Waals surface area contributed by atoms with Crippen molar-refractivity contribution in [3.05, 3.63) is 59.7 Å². The summed E-state index contributed by atoms with van der Waals surface area (Å²) in [5.74, 6) is -0.747. The van der Waals surface area contributed by atoms with Crippen LogP contribution in [0.4, 0.5) is 5.69 Å². The SMILES string of the molecule is CC[C@@H](C)NC(=O)c1ccccc1NC(=O)c1cccc(S(=O)(=O)N2CCCC2)c1. The van der Waals surface area contributed by atoms with Crippen molar-refractivity contribution in [1.82, 2.24) is 9.62 Å². The van der Waals surface area contributed by atoms with Crippen LogP contribution >= 0.6 is 0 Å². The number of rotatable bonds is 7. The smallest absolute Gasteiger partial charge is 0.255 e. The van der Waals surface area contributed by atoms with Gasteiger partial charge in [-0.25, -0.2) is 8.42 Å². The molecule has 2 aromatic rings. The van der Waals surface area contributed by atoms with E-state index >= 15 is 0 Å². The fourth-order valence-corrected chi connectivity index (χ4v) is 4.83. The normalized spacial score (nSPS) is 15.5. The molecule has 0 aliphatic carbocycles. The average molecular weight is 430 g/mol. The molecular weight excluding hydrogens is 402 g/mol. The van der Waals surface area contributed by atoms with Crippen LogP contribution in [0.3, 0.4) is 0 Å². The van der Waals surface area contributed by atoms with Gasteiger partial charge in [0.05, 0.1) is 16.1 Å². The van der Waals surface area contributed by atoms with E-state index in [0.29, 0.717) is 24.3 Å². The van der Waals surface area contributed by atoms with Gasteiger partial charge in [0.15, 0.2) is 0 Å². The number of anilines is 1. The highest BCUT2D eigenvalue weighted by molar-refractivity contribution is 7.89. The predicted octanol–water partition coefficient (Wildman–Crippen LogP) is 3.25. The molecule has 2 aromatic carbocycles. The Kier molecular flexibility index (Phi) is 6.89. The lowest BCUT2D eigenvalue weighted by molar-refractivity contribution is 0.0940. The molecule has 160 valence electrons. The summed E-state index contributed by atoms with van der Waals surface area (Å²) in [7, 11) is -3.62. The molecule has 1 aliphatic heterocycles. The van der Waals surface area contributed by atoms with Crippen molar-refractivity contribution >= 4 is 27.5 Å². The first-order valence-corrected chi connectivity index (χ1v) is 11.6. The Hall–Kier alpha value is -2.71. The third kappa shape index (κ3) is 4.88. The van der Waals surface area contributed by atoms with E-state index in [1.165, 1.54) is 16.4 Å². The highest BCUT2D eigenvalue weighted by atomic mass is 32.2. The van der Waals surface area contributed by atoms with Gasteiger partial charge >= 0.3 is 0 Å². The van der Waals surface area contributed by atoms with Crippen molar-refractivity contribution < 1.29 is 18.0 Å². The molecule has 0 radical (unpaired) electrons. The van der Waals surface area contributed by atoms with E-state index in [-0.39, 0.29) is 22.4 Å². The number of amides is 2. The zero-order chi connectivity index (χ0) is 21.7. The first kappa shape index (κ1) is 22.0. The Labute approximate surface area is 177 Å². The molecule has 0 bridgehead atoms. The minimum Gasteiger partial charge on any atom is -0.350 e. The van der Waals surface area contributed by atoms with Crippen molar-refractivity contribution in [2.75, 3.05) is 18.4 Å². The third-order valence-electron chi connectivity index (χ3n) is 5.21. The lowest BCUT2D eigenvalue weighted by Crippen LogP contribution is -2.32. The van der Waals surface area contributed by atoms with E-state index < -0.39 is 15.9 Å². The van der Waals surface area contributed by atoms with Crippen LogP contribution in [0.1, 0.15) is 53.8 Å². The second-order valence-electron chi connectivity index (χ2n) is 7.42. The van der Waals surface area contributed by atoms with Crippen LogP contribution in [0, 0.1) is 0 Å². The third-order valence-corrected chi connectivity index (χ3v) is 7.10. The van der Waals surface area contributed by atoms with Crippen LogP contribution in [0.15, 0.2) is 53.4 Å². The molecule has 1 fully saturated rings. The lowest BCUT2D eigenvalue weighted by Gasteiger charge is -2.16. The molecule has 7 nitrogen and oxygen atoms in total. The molecule has 1 saturated heterocycles. The number of sulfonamides is 1.